The molecule has 0 aliphatic rings. The molecule has 0 unspecified atom stereocenters. The van der Waals surface area contributed by atoms with Crippen LogP contribution in [-0.4, -0.2) is 27.6 Å². The van der Waals surface area contributed by atoms with Crippen LogP contribution in [-0.2, 0) is 6.42 Å². The number of carboxylic acid groups (broad SMARTS) is 1. The molecule has 0 fully saturated rings. The van der Waals surface area contributed by atoms with Crippen molar-refractivity contribution in [1.29, 1.82) is 0 Å². The number of H-pyrrole nitrogens is 1. The van der Waals surface area contributed by atoms with E-state index in [1.54, 1.807) is 25.1 Å². The number of nitrogens with one attached hydrogen (secondary N) is 2. The molecule has 124 valence electrons. The van der Waals surface area contributed by atoms with Crippen molar-refractivity contribution >= 4 is 44.9 Å². The SMILES string of the molecule is Cc1nc(NCCc2cc3cc(Cl)ccc3[nH]c2=O)sc1C(=O)O. The highest BCUT2D eigenvalue weighted by molar-refractivity contribution is 7.17. The smallest absolute Gasteiger partial charge is 0.347 e. The average Bonchev–Trinajstić information content (AvgIpc) is 2.89. The lowest BCUT2D eigenvalue weighted by Crippen LogP contribution is -2.16. The normalized spacial score (nSPS) is 10.9. The first-order chi connectivity index (χ1) is 11.4. The Hall–Kier alpha value is -2.38. The summed E-state index contributed by atoms with van der Waals surface area (Å²) >= 11 is 7.06. The predicted octanol–water partition coefficient (Wildman–Crippen LogP) is 3.30. The summed E-state index contributed by atoms with van der Waals surface area (Å²) in [5.74, 6) is -0.985. The first-order valence-corrected chi connectivity index (χ1v) is 8.39. The van der Waals surface area contributed by atoms with Gasteiger partial charge in [-0.2, -0.15) is 0 Å². The molecule has 0 atom stereocenters. The van der Waals surface area contributed by atoms with E-state index < -0.39 is 5.97 Å². The summed E-state index contributed by atoms with van der Waals surface area (Å²) in [5, 5.41) is 14.1. The van der Waals surface area contributed by atoms with Gasteiger partial charge in [0.25, 0.3) is 5.56 Å². The third kappa shape index (κ3) is 3.42. The number of aryl methyl sites for hydroxylation is 1. The highest BCUT2D eigenvalue weighted by atomic mass is 35.5. The van der Waals surface area contributed by atoms with Gasteiger partial charge in [0.2, 0.25) is 0 Å². The molecule has 0 saturated heterocycles. The largest absolute Gasteiger partial charge is 0.477 e. The van der Waals surface area contributed by atoms with E-state index in [9.17, 15) is 9.59 Å². The van der Waals surface area contributed by atoms with Crippen LogP contribution < -0.4 is 10.9 Å². The Labute approximate surface area is 146 Å². The summed E-state index contributed by atoms with van der Waals surface area (Å²) in [4.78, 5) is 30.3. The van der Waals surface area contributed by atoms with Gasteiger partial charge in [-0.05, 0) is 43.0 Å². The van der Waals surface area contributed by atoms with Crippen molar-refractivity contribution in [1.82, 2.24) is 9.97 Å². The fourth-order valence-electron chi connectivity index (χ4n) is 2.38. The highest BCUT2D eigenvalue weighted by Gasteiger charge is 2.13. The van der Waals surface area contributed by atoms with Crippen LogP contribution >= 0.6 is 22.9 Å². The molecule has 3 rings (SSSR count). The van der Waals surface area contributed by atoms with E-state index >= 15 is 0 Å². The molecule has 1 aromatic carbocycles. The molecule has 0 aliphatic heterocycles. The molecular weight excluding hydrogens is 350 g/mol. The van der Waals surface area contributed by atoms with E-state index in [0.29, 0.717) is 34.4 Å². The van der Waals surface area contributed by atoms with Crippen molar-refractivity contribution in [3.8, 4) is 0 Å². The Kier molecular flexibility index (Phi) is 4.55. The van der Waals surface area contributed by atoms with Crippen molar-refractivity contribution in [3.63, 3.8) is 0 Å². The number of benzene rings is 1. The second kappa shape index (κ2) is 6.62. The number of carbonyl (C=O) groups is 1. The number of rotatable bonds is 5. The molecule has 24 heavy (non-hydrogen) atoms. The third-order valence-corrected chi connectivity index (χ3v) is 4.88. The van der Waals surface area contributed by atoms with E-state index in [-0.39, 0.29) is 10.4 Å². The Bertz CT molecular complexity index is 980. The number of anilines is 1. The standard InChI is InChI=1S/C16H14ClN3O3S/c1-8-13(15(22)23)24-16(19-8)18-5-4-9-6-10-7-11(17)2-3-12(10)20-14(9)21/h2-3,6-7H,4-5H2,1H3,(H,18,19)(H,20,21)(H,22,23). The van der Waals surface area contributed by atoms with E-state index in [1.165, 1.54) is 0 Å². The van der Waals surface area contributed by atoms with Crippen LogP contribution in [0.2, 0.25) is 5.02 Å². The monoisotopic (exact) mass is 363 g/mol. The second-order valence-corrected chi connectivity index (χ2v) is 6.71. The zero-order chi connectivity index (χ0) is 17.3. The maximum Gasteiger partial charge on any atom is 0.347 e. The number of carboxylic acids is 1. The lowest BCUT2D eigenvalue weighted by atomic mass is 10.1. The lowest BCUT2D eigenvalue weighted by molar-refractivity contribution is 0.0701. The van der Waals surface area contributed by atoms with Crippen LogP contribution in [0.5, 0.6) is 0 Å². The molecule has 0 radical (unpaired) electrons. The van der Waals surface area contributed by atoms with Gasteiger partial charge in [0, 0.05) is 22.6 Å². The minimum Gasteiger partial charge on any atom is -0.477 e. The molecule has 0 amide bonds. The molecule has 3 N–H and O–H groups in total. The second-order valence-electron chi connectivity index (χ2n) is 5.27. The number of nitrogens with zero attached hydrogens (tertiary/aromatic N) is 1. The van der Waals surface area contributed by atoms with Crippen molar-refractivity contribution in [2.45, 2.75) is 13.3 Å². The Morgan fingerprint density at radius 1 is 1.42 bits per heavy atom. The van der Waals surface area contributed by atoms with Crippen LogP contribution in [0, 0.1) is 6.92 Å². The number of hydrogen-bond donors (Lipinski definition) is 3. The number of thiazole rings is 1. The summed E-state index contributed by atoms with van der Waals surface area (Å²) in [6.45, 7) is 2.13. The first kappa shape index (κ1) is 16.5. The van der Waals surface area contributed by atoms with Gasteiger partial charge in [0.15, 0.2) is 5.13 Å². The lowest BCUT2D eigenvalue weighted by Gasteiger charge is -2.05. The predicted molar refractivity (Wildman–Crippen MR) is 95.6 cm³/mol. The van der Waals surface area contributed by atoms with Crippen LogP contribution in [0.15, 0.2) is 29.1 Å². The number of aromatic nitrogens is 2. The van der Waals surface area contributed by atoms with Crippen LogP contribution in [0.25, 0.3) is 10.9 Å². The summed E-state index contributed by atoms with van der Waals surface area (Å²) in [7, 11) is 0. The fraction of sp³-hybridized carbons (Fsp3) is 0.188. The fourth-order valence-corrected chi connectivity index (χ4v) is 3.39. The van der Waals surface area contributed by atoms with E-state index in [1.807, 2.05) is 6.07 Å². The molecular formula is C16H14ClN3O3S. The van der Waals surface area contributed by atoms with Crippen LogP contribution in [0.3, 0.4) is 0 Å². The Balaban J connectivity index is 1.74. The molecule has 2 heterocycles. The number of aromatic amines is 1. The first-order valence-electron chi connectivity index (χ1n) is 7.20. The molecule has 0 bridgehead atoms. The minimum absolute atomic E-state index is 0.145. The maximum atomic E-state index is 12.1. The van der Waals surface area contributed by atoms with Gasteiger partial charge in [-0.25, -0.2) is 9.78 Å². The summed E-state index contributed by atoms with van der Waals surface area (Å²) in [6.07, 6.45) is 0.485. The van der Waals surface area contributed by atoms with E-state index in [2.05, 4.69) is 15.3 Å². The van der Waals surface area contributed by atoms with Gasteiger partial charge in [-0.3, -0.25) is 4.79 Å². The number of pyridine rings is 1. The third-order valence-electron chi connectivity index (χ3n) is 3.54. The molecule has 8 heteroatoms. The van der Waals surface area contributed by atoms with E-state index in [4.69, 9.17) is 16.7 Å². The van der Waals surface area contributed by atoms with E-state index in [0.717, 1.165) is 22.2 Å². The number of aromatic carboxylic acids is 1. The zero-order valence-corrected chi connectivity index (χ0v) is 14.3. The molecule has 0 aliphatic carbocycles. The number of hydrogen-bond acceptors (Lipinski definition) is 5. The van der Waals surface area contributed by atoms with Gasteiger partial charge in [0.1, 0.15) is 4.88 Å². The van der Waals surface area contributed by atoms with Gasteiger partial charge in [-0.1, -0.05) is 22.9 Å². The molecule has 6 nitrogen and oxygen atoms in total. The highest BCUT2D eigenvalue weighted by Crippen LogP contribution is 2.22. The number of fused-ring (bicyclic) bond motifs is 1. The van der Waals surface area contributed by atoms with Gasteiger partial charge >= 0.3 is 5.97 Å². The molecule has 3 aromatic rings. The Morgan fingerprint density at radius 2 is 2.21 bits per heavy atom. The van der Waals surface area contributed by atoms with Gasteiger partial charge < -0.3 is 15.4 Å². The van der Waals surface area contributed by atoms with Crippen molar-refractivity contribution in [3.05, 3.63) is 55.8 Å². The molecule has 2 aromatic heterocycles. The zero-order valence-electron chi connectivity index (χ0n) is 12.7. The van der Waals surface area contributed by atoms with Crippen molar-refractivity contribution < 1.29 is 9.90 Å². The van der Waals surface area contributed by atoms with Crippen LogP contribution in [0.1, 0.15) is 20.9 Å². The van der Waals surface area contributed by atoms with Crippen molar-refractivity contribution in [2.24, 2.45) is 0 Å². The maximum absolute atomic E-state index is 12.1. The summed E-state index contributed by atoms with van der Waals surface area (Å²) in [5.41, 5.74) is 1.70. The molecule has 0 spiro atoms. The molecule has 0 saturated carbocycles. The topological polar surface area (TPSA) is 95.1 Å². The van der Waals surface area contributed by atoms with Crippen molar-refractivity contribution in [2.75, 3.05) is 11.9 Å². The average molecular weight is 364 g/mol. The summed E-state index contributed by atoms with van der Waals surface area (Å²) < 4.78 is 0. The quantitative estimate of drug-likeness (QED) is 0.646. The van der Waals surface area contributed by atoms with Gasteiger partial charge in [0.05, 0.1) is 5.69 Å². The van der Waals surface area contributed by atoms with Crippen LogP contribution in [0.4, 0.5) is 5.13 Å². The number of halogens is 1. The minimum atomic E-state index is -0.985. The Morgan fingerprint density at radius 3 is 2.92 bits per heavy atom. The summed E-state index contributed by atoms with van der Waals surface area (Å²) in [6, 6.07) is 7.11. The van der Waals surface area contributed by atoms with Gasteiger partial charge in [-0.15, -0.1) is 0 Å².